The maximum atomic E-state index is 13.1. The van der Waals surface area contributed by atoms with Crippen LogP contribution >= 0.6 is 0 Å². The lowest BCUT2D eigenvalue weighted by Gasteiger charge is -2.12. The summed E-state index contributed by atoms with van der Waals surface area (Å²) < 4.78 is 11.9. The van der Waals surface area contributed by atoms with Crippen molar-refractivity contribution in [2.45, 2.75) is 26.2 Å². The normalized spacial score (nSPS) is 10.7. The van der Waals surface area contributed by atoms with Gasteiger partial charge in [0.25, 0.3) is 11.8 Å². The number of nitrogens with one attached hydrogen (secondary N) is 1. The van der Waals surface area contributed by atoms with Gasteiger partial charge in [-0.05, 0) is 66.4 Å². The first-order valence-electron chi connectivity index (χ1n) is 13.9. The molecule has 0 unspecified atom stereocenters. The minimum Gasteiger partial charge on any atom is -0.493 e. The number of carbonyl (C=O) groups is 3. The van der Waals surface area contributed by atoms with Crippen molar-refractivity contribution in [3.63, 3.8) is 0 Å². The Balaban J connectivity index is 1.25. The summed E-state index contributed by atoms with van der Waals surface area (Å²) in [5, 5.41) is 11.5. The number of nitrogens with zero attached hydrogens (tertiary/aromatic N) is 1. The summed E-state index contributed by atoms with van der Waals surface area (Å²) in [6.07, 6.45) is 0.438. The number of imide groups is 1. The van der Waals surface area contributed by atoms with Crippen LogP contribution in [0.1, 0.15) is 44.2 Å². The van der Waals surface area contributed by atoms with E-state index in [0.29, 0.717) is 34.9 Å². The van der Waals surface area contributed by atoms with Gasteiger partial charge in [0, 0.05) is 29.5 Å². The van der Waals surface area contributed by atoms with Crippen molar-refractivity contribution in [3.05, 3.63) is 131 Å². The Morgan fingerprint density at radius 2 is 1.44 bits per heavy atom. The number of aliphatic carboxylic acids is 1. The summed E-state index contributed by atoms with van der Waals surface area (Å²) in [6, 6.07) is 31.4. The maximum absolute atomic E-state index is 13.1. The Morgan fingerprint density at radius 3 is 2.14 bits per heavy atom. The predicted octanol–water partition coefficient (Wildman–Crippen LogP) is 6.53. The van der Waals surface area contributed by atoms with Crippen LogP contribution in [-0.4, -0.2) is 34.5 Å². The van der Waals surface area contributed by atoms with Gasteiger partial charge in [-0.25, -0.2) is 4.98 Å². The fourth-order valence-corrected chi connectivity index (χ4v) is 4.63. The van der Waals surface area contributed by atoms with E-state index in [0.717, 1.165) is 22.4 Å². The minimum atomic E-state index is -0.985. The fraction of sp³-hybridized carbons (Fsp3) is 0.143. The third-order valence-electron chi connectivity index (χ3n) is 6.94. The zero-order valence-electron chi connectivity index (χ0n) is 23.6. The van der Waals surface area contributed by atoms with Crippen molar-refractivity contribution in [3.8, 4) is 28.3 Å². The van der Waals surface area contributed by atoms with Crippen LogP contribution in [0.5, 0.6) is 5.75 Å². The molecule has 0 saturated carbocycles. The second-order valence-electron chi connectivity index (χ2n) is 9.93. The van der Waals surface area contributed by atoms with Gasteiger partial charge in [0.15, 0.2) is 0 Å². The van der Waals surface area contributed by atoms with Crippen molar-refractivity contribution in [2.24, 2.45) is 0 Å². The molecule has 0 aliphatic heterocycles. The van der Waals surface area contributed by atoms with Crippen molar-refractivity contribution >= 4 is 17.8 Å². The van der Waals surface area contributed by atoms with E-state index in [-0.39, 0.29) is 25.0 Å². The predicted molar refractivity (Wildman–Crippen MR) is 162 cm³/mol. The number of ether oxygens (including phenoxy) is 1. The standard InChI is InChI=1S/C35H30N2O6/c1-23-31(36-35(43-23)28-14-12-25(13-15-28)24-8-4-2-5-9-24)20-21-42-29-18-16-26(17-19-32(38)39)30(22-29)34(41)37-33(40)27-10-6-3-7-11-27/h2-16,18,22H,17,19-21H2,1H3,(H,38,39)(H,37,40,41). The van der Waals surface area contributed by atoms with E-state index in [4.69, 9.17) is 14.3 Å². The Kier molecular flexibility index (Phi) is 9.07. The lowest BCUT2D eigenvalue weighted by atomic mass is 10.0. The van der Waals surface area contributed by atoms with Gasteiger partial charge in [-0.2, -0.15) is 0 Å². The SMILES string of the molecule is Cc1oc(-c2ccc(-c3ccccc3)cc2)nc1CCOc1ccc(CCC(=O)O)c(C(=O)NC(=O)c2ccccc2)c1. The molecule has 0 bridgehead atoms. The van der Waals surface area contributed by atoms with Crippen LogP contribution in [-0.2, 0) is 17.6 Å². The van der Waals surface area contributed by atoms with Gasteiger partial charge in [-0.3, -0.25) is 19.7 Å². The number of amides is 2. The molecule has 1 aromatic heterocycles. The van der Waals surface area contributed by atoms with Crippen molar-refractivity contribution in [1.29, 1.82) is 0 Å². The lowest BCUT2D eigenvalue weighted by molar-refractivity contribution is -0.136. The highest BCUT2D eigenvalue weighted by atomic mass is 16.5. The molecule has 0 saturated heterocycles. The van der Waals surface area contributed by atoms with Crippen LogP contribution in [0.15, 0.2) is 108 Å². The van der Waals surface area contributed by atoms with E-state index in [9.17, 15) is 14.4 Å². The van der Waals surface area contributed by atoms with Crippen LogP contribution in [0.3, 0.4) is 0 Å². The molecule has 0 aliphatic rings. The van der Waals surface area contributed by atoms with Crippen LogP contribution in [0.2, 0.25) is 0 Å². The third kappa shape index (κ3) is 7.42. The monoisotopic (exact) mass is 574 g/mol. The highest BCUT2D eigenvalue weighted by Crippen LogP contribution is 2.26. The summed E-state index contributed by atoms with van der Waals surface area (Å²) in [5.41, 5.74) is 4.89. The third-order valence-corrected chi connectivity index (χ3v) is 6.94. The highest BCUT2D eigenvalue weighted by molar-refractivity contribution is 6.11. The number of carboxylic acids is 1. The van der Waals surface area contributed by atoms with Crippen LogP contribution in [0, 0.1) is 6.92 Å². The van der Waals surface area contributed by atoms with Crippen molar-refractivity contribution < 1.29 is 28.6 Å². The number of hydrogen-bond acceptors (Lipinski definition) is 6. The number of hydrogen-bond donors (Lipinski definition) is 2. The Bertz CT molecular complexity index is 1730. The molecule has 0 atom stereocenters. The number of aromatic nitrogens is 1. The minimum absolute atomic E-state index is 0.130. The number of aryl methyl sites for hydroxylation is 2. The van der Waals surface area contributed by atoms with Gasteiger partial charge in [-0.15, -0.1) is 0 Å². The number of carbonyl (C=O) groups excluding carboxylic acids is 2. The molecule has 2 amide bonds. The van der Waals surface area contributed by atoms with E-state index in [1.165, 1.54) is 6.07 Å². The van der Waals surface area contributed by atoms with Gasteiger partial charge in [-0.1, -0.05) is 66.7 Å². The first-order chi connectivity index (χ1) is 20.9. The molecular formula is C35H30N2O6. The number of oxazole rings is 1. The summed E-state index contributed by atoms with van der Waals surface area (Å²) in [5.74, 6) is -0.537. The molecule has 2 N–H and O–H groups in total. The molecule has 0 aliphatic carbocycles. The molecule has 5 aromatic rings. The average Bonchev–Trinajstić information content (AvgIpc) is 3.41. The number of benzene rings is 4. The highest BCUT2D eigenvalue weighted by Gasteiger charge is 2.18. The Labute approximate surface area is 249 Å². The molecule has 0 fully saturated rings. The van der Waals surface area contributed by atoms with Gasteiger partial charge in [0.1, 0.15) is 11.5 Å². The zero-order valence-corrected chi connectivity index (χ0v) is 23.6. The molecule has 43 heavy (non-hydrogen) atoms. The average molecular weight is 575 g/mol. The molecule has 5 rings (SSSR count). The van der Waals surface area contributed by atoms with E-state index in [1.807, 2.05) is 49.4 Å². The largest absolute Gasteiger partial charge is 0.493 e. The van der Waals surface area contributed by atoms with Crippen LogP contribution < -0.4 is 10.1 Å². The van der Waals surface area contributed by atoms with Crippen LogP contribution in [0.25, 0.3) is 22.6 Å². The van der Waals surface area contributed by atoms with E-state index < -0.39 is 17.8 Å². The second-order valence-corrected chi connectivity index (χ2v) is 9.93. The number of carboxylic acid groups (broad SMARTS) is 1. The molecule has 0 radical (unpaired) electrons. The first-order valence-corrected chi connectivity index (χ1v) is 13.9. The van der Waals surface area contributed by atoms with E-state index >= 15 is 0 Å². The van der Waals surface area contributed by atoms with Gasteiger partial charge in [0.05, 0.1) is 12.3 Å². The van der Waals surface area contributed by atoms with Crippen molar-refractivity contribution in [2.75, 3.05) is 6.61 Å². The molecule has 0 spiro atoms. The fourth-order valence-electron chi connectivity index (χ4n) is 4.63. The van der Waals surface area contributed by atoms with E-state index in [2.05, 4.69) is 22.4 Å². The molecule has 4 aromatic carbocycles. The lowest BCUT2D eigenvalue weighted by Crippen LogP contribution is -2.31. The summed E-state index contributed by atoms with van der Waals surface area (Å²) in [4.78, 5) is 41.5. The molecule has 1 heterocycles. The molecular weight excluding hydrogens is 544 g/mol. The second kappa shape index (κ2) is 13.4. The molecule has 216 valence electrons. The van der Waals surface area contributed by atoms with Crippen LogP contribution in [0.4, 0.5) is 0 Å². The first kappa shape index (κ1) is 29.0. The quantitative estimate of drug-likeness (QED) is 0.172. The summed E-state index contributed by atoms with van der Waals surface area (Å²) in [6.45, 7) is 2.12. The van der Waals surface area contributed by atoms with Gasteiger partial charge < -0.3 is 14.3 Å². The molecule has 8 heteroatoms. The number of rotatable bonds is 11. The zero-order chi connectivity index (χ0) is 30.2. The summed E-state index contributed by atoms with van der Waals surface area (Å²) in [7, 11) is 0. The van der Waals surface area contributed by atoms with Gasteiger partial charge >= 0.3 is 5.97 Å². The smallest absolute Gasteiger partial charge is 0.303 e. The van der Waals surface area contributed by atoms with Gasteiger partial charge in [0.2, 0.25) is 5.89 Å². The Morgan fingerprint density at radius 1 is 0.791 bits per heavy atom. The topological polar surface area (TPSA) is 119 Å². The Hall–Kier alpha value is -5.50. The van der Waals surface area contributed by atoms with Crippen molar-refractivity contribution in [1.82, 2.24) is 10.3 Å². The molecule has 8 nitrogen and oxygen atoms in total. The summed E-state index contributed by atoms with van der Waals surface area (Å²) >= 11 is 0. The van der Waals surface area contributed by atoms with E-state index in [1.54, 1.807) is 42.5 Å². The maximum Gasteiger partial charge on any atom is 0.303 e.